The van der Waals surface area contributed by atoms with Gasteiger partial charge in [-0.05, 0) is 35.2 Å². The Labute approximate surface area is 159 Å². The van der Waals surface area contributed by atoms with E-state index in [1.807, 2.05) is 24.3 Å². The second-order valence-electron chi connectivity index (χ2n) is 6.97. The molecule has 0 aliphatic heterocycles. The van der Waals surface area contributed by atoms with Crippen molar-refractivity contribution in [2.45, 2.75) is 26.2 Å². The molecule has 0 atom stereocenters. The molecule has 2 aromatic carbocycles. The Morgan fingerprint density at radius 2 is 1.77 bits per heavy atom. The van der Waals surface area contributed by atoms with Gasteiger partial charge in [-0.2, -0.15) is 0 Å². The van der Waals surface area contributed by atoms with Crippen LogP contribution in [0.3, 0.4) is 0 Å². The first-order valence-electron chi connectivity index (χ1n) is 8.37. The average Bonchev–Trinajstić information content (AvgIpc) is 2.59. The van der Waals surface area contributed by atoms with E-state index in [0.717, 1.165) is 11.3 Å². The zero-order valence-electron chi connectivity index (χ0n) is 15.4. The summed E-state index contributed by atoms with van der Waals surface area (Å²) < 4.78 is 0. The first kappa shape index (κ1) is 19.8. The average molecular weight is 374 g/mol. The lowest BCUT2D eigenvalue weighted by Gasteiger charge is -2.23. The van der Waals surface area contributed by atoms with Crippen LogP contribution in [0.15, 0.2) is 42.5 Å². The normalized spacial score (nSPS) is 11.0. The zero-order valence-corrected chi connectivity index (χ0v) is 16.2. The van der Waals surface area contributed by atoms with Crippen molar-refractivity contribution in [3.05, 3.63) is 58.6 Å². The van der Waals surface area contributed by atoms with Crippen molar-refractivity contribution in [2.24, 2.45) is 0 Å². The van der Waals surface area contributed by atoms with Gasteiger partial charge < -0.3 is 16.0 Å². The Balaban J connectivity index is 2.02. The Morgan fingerprint density at radius 3 is 2.38 bits per heavy atom. The van der Waals surface area contributed by atoms with E-state index < -0.39 is 0 Å². The number of nitrogens with one attached hydrogen (secondary N) is 3. The monoisotopic (exact) mass is 373 g/mol. The Morgan fingerprint density at radius 1 is 1.08 bits per heavy atom. The van der Waals surface area contributed by atoms with Gasteiger partial charge in [-0.3, -0.25) is 9.59 Å². The van der Waals surface area contributed by atoms with Crippen LogP contribution in [-0.4, -0.2) is 25.4 Å². The molecule has 0 fully saturated rings. The van der Waals surface area contributed by atoms with Gasteiger partial charge >= 0.3 is 0 Å². The summed E-state index contributed by atoms with van der Waals surface area (Å²) in [6.07, 6.45) is 0. The maximum atomic E-state index is 12.3. The summed E-state index contributed by atoms with van der Waals surface area (Å²) in [5.74, 6) is -0.411. The number of amides is 2. The molecule has 138 valence electrons. The number of hydrogen-bond acceptors (Lipinski definition) is 3. The standard InChI is InChI=1S/C20H24ClN3O2/c1-20(2,3)15-7-5-6-8-17(15)24-18(25)12-23-13-9-10-14(16(21)11-13)19(26)22-4/h5-11,23H,12H2,1-4H3,(H,22,26)(H,24,25). The van der Waals surface area contributed by atoms with E-state index in [0.29, 0.717) is 16.3 Å². The predicted molar refractivity (Wildman–Crippen MR) is 107 cm³/mol. The molecular formula is C20H24ClN3O2. The molecule has 0 heterocycles. The van der Waals surface area contributed by atoms with Gasteiger partial charge in [0.15, 0.2) is 0 Å². The number of carbonyl (C=O) groups is 2. The van der Waals surface area contributed by atoms with Gasteiger partial charge in [-0.25, -0.2) is 0 Å². The lowest BCUT2D eigenvalue weighted by Crippen LogP contribution is -2.24. The van der Waals surface area contributed by atoms with Crippen LogP contribution in [0.25, 0.3) is 0 Å². The summed E-state index contributed by atoms with van der Waals surface area (Å²) >= 11 is 6.12. The molecule has 2 aromatic rings. The van der Waals surface area contributed by atoms with Gasteiger partial charge in [0.25, 0.3) is 5.91 Å². The van der Waals surface area contributed by atoms with Crippen molar-refractivity contribution in [3.8, 4) is 0 Å². The van der Waals surface area contributed by atoms with Gasteiger partial charge in [0.1, 0.15) is 0 Å². The third-order valence-corrected chi connectivity index (χ3v) is 4.22. The summed E-state index contributed by atoms with van der Waals surface area (Å²) in [6, 6.07) is 12.7. The highest BCUT2D eigenvalue weighted by Gasteiger charge is 2.18. The van der Waals surface area contributed by atoms with E-state index in [1.54, 1.807) is 25.2 Å². The van der Waals surface area contributed by atoms with Crippen LogP contribution in [-0.2, 0) is 10.2 Å². The van der Waals surface area contributed by atoms with Gasteiger partial charge in [0.2, 0.25) is 5.91 Å². The molecule has 0 bridgehead atoms. The number of rotatable bonds is 5. The number of benzene rings is 2. The van der Waals surface area contributed by atoms with E-state index >= 15 is 0 Å². The molecule has 0 unspecified atom stereocenters. The first-order valence-corrected chi connectivity index (χ1v) is 8.75. The number of hydrogen-bond donors (Lipinski definition) is 3. The van der Waals surface area contributed by atoms with Gasteiger partial charge in [0, 0.05) is 18.4 Å². The van der Waals surface area contributed by atoms with Crippen LogP contribution in [0.4, 0.5) is 11.4 Å². The molecule has 3 N–H and O–H groups in total. The van der Waals surface area contributed by atoms with Crippen molar-refractivity contribution in [2.75, 3.05) is 24.2 Å². The summed E-state index contributed by atoms with van der Waals surface area (Å²) in [4.78, 5) is 23.9. The summed E-state index contributed by atoms with van der Waals surface area (Å²) in [5, 5.41) is 8.82. The molecule has 0 saturated heterocycles. The van der Waals surface area contributed by atoms with Crippen LogP contribution < -0.4 is 16.0 Å². The van der Waals surface area contributed by atoms with E-state index in [-0.39, 0.29) is 23.8 Å². The van der Waals surface area contributed by atoms with Gasteiger partial charge in [0.05, 0.1) is 17.1 Å². The van der Waals surface area contributed by atoms with Crippen molar-refractivity contribution in [1.82, 2.24) is 5.32 Å². The molecule has 6 heteroatoms. The van der Waals surface area contributed by atoms with Crippen LogP contribution in [0, 0.1) is 0 Å². The fourth-order valence-corrected chi connectivity index (χ4v) is 2.83. The fraction of sp³-hybridized carbons (Fsp3) is 0.300. The third-order valence-electron chi connectivity index (χ3n) is 3.90. The van der Waals surface area contributed by atoms with Crippen molar-refractivity contribution in [3.63, 3.8) is 0 Å². The summed E-state index contributed by atoms with van der Waals surface area (Å²) in [7, 11) is 1.55. The summed E-state index contributed by atoms with van der Waals surface area (Å²) in [6.45, 7) is 6.40. The lowest BCUT2D eigenvalue weighted by molar-refractivity contribution is -0.114. The van der Waals surface area contributed by atoms with Crippen LogP contribution in [0.1, 0.15) is 36.7 Å². The Bertz CT molecular complexity index is 813. The van der Waals surface area contributed by atoms with Crippen molar-refractivity contribution >= 4 is 34.8 Å². The molecule has 2 rings (SSSR count). The maximum absolute atomic E-state index is 12.3. The van der Waals surface area contributed by atoms with E-state index in [4.69, 9.17) is 11.6 Å². The largest absolute Gasteiger partial charge is 0.376 e. The van der Waals surface area contributed by atoms with Gasteiger partial charge in [-0.1, -0.05) is 50.6 Å². The number of carbonyl (C=O) groups excluding carboxylic acids is 2. The number of para-hydroxylation sites is 1. The molecule has 0 radical (unpaired) electrons. The first-order chi connectivity index (χ1) is 12.2. The molecule has 0 aromatic heterocycles. The second kappa shape index (κ2) is 8.23. The highest BCUT2D eigenvalue weighted by Crippen LogP contribution is 2.29. The van der Waals surface area contributed by atoms with Crippen LogP contribution >= 0.6 is 11.6 Å². The van der Waals surface area contributed by atoms with Crippen LogP contribution in [0.2, 0.25) is 5.02 Å². The smallest absolute Gasteiger partial charge is 0.252 e. The SMILES string of the molecule is CNC(=O)c1ccc(NCC(=O)Nc2ccccc2C(C)(C)C)cc1Cl. The molecule has 5 nitrogen and oxygen atoms in total. The maximum Gasteiger partial charge on any atom is 0.252 e. The van der Waals surface area contributed by atoms with E-state index in [2.05, 4.69) is 36.7 Å². The molecule has 2 amide bonds. The molecular weight excluding hydrogens is 350 g/mol. The third kappa shape index (κ3) is 4.99. The highest BCUT2D eigenvalue weighted by atomic mass is 35.5. The van der Waals surface area contributed by atoms with Crippen molar-refractivity contribution < 1.29 is 9.59 Å². The lowest BCUT2D eigenvalue weighted by atomic mass is 9.86. The fourth-order valence-electron chi connectivity index (χ4n) is 2.57. The van der Waals surface area contributed by atoms with Gasteiger partial charge in [-0.15, -0.1) is 0 Å². The quantitative estimate of drug-likeness (QED) is 0.740. The topological polar surface area (TPSA) is 70.2 Å². The molecule has 0 spiro atoms. The van der Waals surface area contributed by atoms with Crippen LogP contribution in [0.5, 0.6) is 0 Å². The number of halogens is 1. The van der Waals surface area contributed by atoms with Crippen molar-refractivity contribution in [1.29, 1.82) is 0 Å². The Hall–Kier alpha value is -2.53. The molecule has 0 saturated carbocycles. The second-order valence-corrected chi connectivity index (χ2v) is 7.38. The van der Waals surface area contributed by atoms with E-state index in [9.17, 15) is 9.59 Å². The summed E-state index contributed by atoms with van der Waals surface area (Å²) in [5.41, 5.74) is 2.87. The highest BCUT2D eigenvalue weighted by molar-refractivity contribution is 6.34. The molecule has 0 aliphatic carbocycles. The molecule has 0 aliphatic rings. The molecule has 26 heavy (non-hydrogen) atoms. The predicted octanol–water partition coefficient (Wildman–Crippen LogP) is 4.05. The zero-order chi connectivity index (χ0) is 19.3. The van der Waals surface area contributed by atoms with E-state index in [1.165, 1.54) is 0 Å². The number of anilines is 2. The minimum atomic E-state index is -0.252. The Kier molecular flexibility index (Phi) is 6.27. The minimum absolute atomic E-state index is 0.0689. The minimum Gasteiger partial charge on any atom is -0.376 e.